The summed E-state index contributed by atoms with van der Waals surface area (Å²) in [6.07, 6.45) is 3.59. The van der Waals surface area contributed by atoms with Crippen molar-refractivity contribution in [3.63, 3.8) is 0 Å². The van der Waals surface area contributed by atoms with Crippen molar-refractivity contribution in [1.82, 2.24) is 5.32 Å². The molecule has 1 saturated carbocycles. The molecule has 1 atom stereocenters. The summed E-state index contributed by atoms with van der Waals surface area (Å²) in [5.74, 6) is 0.428. The summed E-state index contributed by atoms with van der Waals surface area (Å²) < 4.78 is 0. The van der Waals surface area contributed by atoms with Gasteiger partial charge in [-0.2, -0.15) is 0 Å². The lowest BCUT2D eigenvalue weighted by Gasteiger charge is -2.25. The van der Waals surface area contributed by atoms with Gasteiger partial charge in [0.15, 0.2) is 0 Å². The lowest BCUT2D eigenvalue weighted by Crippen LogP contribution is -2.41. The van der Waals surface area contributed by atoms with Crippen molar-refractivity contribution in [1.29, 1.82) is 0 Å². The van der Waals surface area contributed by atoms with E-state index in [1.54, 1.807) is 6.92 Å². The molecule has 0 radical (unpaired) electrons. The van der Waals surface area contributed by atoms with Crippen LogP contribution in [0.25, 0.3) is 0 Å². The van der Waals surface area contributed by atoms with Gasteiger partial charge in [0.2, 0.25) is 5.91 Å². The molecule has 1 aliphatic carbocycles. The molecule has 0 heterocycles. The summed E-state index contributed by atoms with van der Waals surface area (Å²) in [4.78, 5) is 11.2. The average Bonchev–Trinajstić information content (AvgIpc) is 2.16. The first-order valence-electron chi connectivity index (χ1n) is 5.31. The van der Waals surface area contributed by atoms with E-state index >= 15 is 0 Å². The van der Waals surface area contributed by atoms with Crippen LogP contribution in [0.3, 0.4) is 0 Å². The van der Waals surface area contributed by atoms with Crippen molar-refractivity contribution in [3.8, 4) is 0 Å². The maximum Gasteiger partial charge on any atom is 0.236 e. The van der Waals surface area contributed by atoms with E-state index in [2.05, 4.69) is 5.32 Å². The first kappa shape index (κ1) is 11.5. The molecule has 0 aromatic heterocycles. The average molecular weight is 200 g/mol. The highest BCUT2D eigenvalue weighted by Crippen LogP contribution is 2.23. The first-order chi connectivity index (χ1) is 6.59. The molecule has 1 aliphatic rings. The van der Waals surface area contributed by atoms with Gasteiger partial charge < -0.3 is 16.2 Å². The maximum atomic E-state index is 11.2. The Morgan fingerprint density at radius 1 is 1.50 bits per heavy atom. The number of amides is 1. The van der Waals surface area contributed by atoms with Crippen LogP contribution in [0.4, 0.5) is 0 Å². The van der Waals surface area contributed by atoms with Crippen molar-refractivity contribution in [2.45, 2.75) is 44.8 Å². The summed E-state index contributed by atoms with van der Waals surface area (Å²) in [5.41, 5.74) is 5.42. The highest BCUT2D eigenvalue weighted by atomic mass is 16.3. The Balaban J connectivity index is 2.16. The highest BCUT2D eigenvalue weighted by Gasteiger charge is 2.19. The van der Waals surface area contributed by atoms with E-state index in [9.17, 15) is 9.90 Å². The van der Waals surface area contributed by atoms with Gasteiger partial charge in [-0.1, -0.05) is 0 Å². The van der Waals surface area contributed by atoms with E-state index in [1.165, 1.54) is 0 Å². The molecule has 0 saturated heterocycles. The highest BCUT2D eigenvalue weighted by molar-refractivity contribution is 5.80. The van der Waals surface area contributed by atoms with Crippen LogP contribution in [-0.2, 0) is 4.79 Å². The minimum Gasteiger partial charge on any atom is -0.393 e. The number of rotatable bonds is 3. The zero-order chi connectivity index (χ0) is 10.6. The fraction of sp³-hybridized carbons (Fsp3) is 0.900. The van der Waals surface area contributed by atoms with Gasteiger partial charge in [-0.05, 0) is 38.5 Å². The Labute approximate surface area is 84.9 Å². The fourth-order valence-corrected chi connectivity index (χ4v) is 1.75. The van der Waals surface area contributed by atoms with E-state index in [0.29, 0.717) is 12.5 Å². The van der Waals surface area contributed by atoms with E-state index in [1.807, 2.05) is 0 Å². The quantitative estimate of drug-likeness (QED) is 0.600. The first-order valence-corrected chi connectivity index (χ1v) is 5.31. The monoisotopic (exact) mass is 200 g/mol. The molecule has 0 unspecified atom stereocenters. The Kier molecular flexibility index (Phi) is 4.35. The lowest BCUT2D eigenvalue weighted by atomic mass is 9.87. The Morgan fingerprint density at radius 2 is 2.07 bits per heavy atom. The molecule has 0 aliphatic heterocycles. The van der Waals surface area contributed by atoms with E-state index in [0.717, 1.165) is 25.7 Å². The number of aliphatic hydroxyl groups excluding tert-OH is 1. The molecule has 82 valence electrons. The standard InChI is InChI=1S/C10H20N2O2/c1-7(11)10(14)12-6-8-2-4-9(13)5-3-8/h7-9,13H,2-6,11H2,1H3,(H,12,14)/t7-,8?,9?/m0/s1. The molecule has 0 bridgehead atoms. The van der Waals surface area contributed by atoms with Gasteiger partial charge >= 0.3 is 0 Å². The third-order valence-electron chi connectivity index (χ3n) is 2.79. The zero-order valence-electron chi connectivity index (χ0n) is 8.70. The SMILES string of the molecule is C[C@H](N)C(=O)NCC1CCC(O)CC1. The maximum absolute atomic E-state index is 11.2. The largest absolute Gasteiger partial charge is 0.393 e. The minimum absolute atomic E-state index is 0.0869. The van der Waals surface area contributed by atoms with Crippen molar-refractivity contribution >= 4 is 5.91 Å². The number of carbonyl (C=O) groups is 1. The number of nitrogens with one attached hydrogen (secondary N) is 1. The Bertz CT molecular complexity index is 187. The molecule has 1 fully saturated rings. The third kappa shape index (κ3) is 3.64. The second kappa shape index (κ2) is 5.32. The minimum atomic E-state index is -0.427. The summed E-state index contributed by atoms with van der Waals surface area (Å²) >= 11 is 0. The molecule has 0 aromatic carbocycles. The van der Waals surface area contributed by atoms with Crippen LogP contribution in [-0.4, -0.2) is 29.7 Å². The lowest BCUT2D eigenvalue weighted by molar-refractivity contribution is -0.122. The third-order valence-corrected chi connectivity index (χ3v) is 2.79. The number of hydrogen-bond acceptors (Lipinski definition) is 3. The van der Waals surface area contributed by atoms with Crippen LogP contribution in [0, 0.1) is 5.92 Å². The van der Waals surface area contributed by atoms with E-state index in [4.69, 9.17) is 5.73 Å². The second-order valence-electron chi connectivity index (χ2n) is 4.21. The number of aliphatic hydroxyl groups is 1. The molecule has 0 spiro atoms. The van der Waals surface area contributed by atoms with Crippen molar-refractivity contribution < 1.29 is 9.90 Å². The molecular weight excluding hydrogens is 180 g/mol. The Hall–Kier alpha value is -0.610. The molecule has 1 amide bonds. The van der Waals surface area contributed by atoms with E-state index < -0.39 is 6.04 Å². The summed E-state index contributed by atoms with van der Waals surface area (Å²) in [5, 5.41) is 12.1. The molecule has 4 N–H and O–H groups in total. The predicted molar refractivity (Wildman–Crippen MR) is 54.6 cm³/mol. The fourth-order valence-electron chi connectivity index (χ4n) is 1.75. The molecule has 4 heteroatoms. The summed E-state index contributed by atoms with van der Waals surface area (Å²) in [6.45, 7) is 2.38. The van der Waals surface area contributed by atoms with Gasteiger partial charge in [-0.25, -0.2) is 0 Å². The number of carbonyl (C=O) groups excluding carboxylic acids is 1. The van der Waals surface area contributed by atoms with Crippen molar-refractivity contribution in [2.75, 3.05) is 6.54 Å². The van der Waals surface area contributed by atoms with Gasteiger partial charge in [0.25, 0.3) is 0 Å². The second-order valence-corrected chi connectivity index (χ2v) is 4.21. The molecule has 14 heavy (non-hydrogen) atoms. The van der Waals surface area contributed by atoms with Gasteiger partial charge in [-0.15, -0.1) is 0 Å². The topological polar surface area (TPSA) is 75.4 Å². The normalized spacial score (nSPS) is 29.6. The van der Waals surface area contributed by atoms with Gasteiger partial charge in [0.05, 0.1) is 12.1 Å². The van der Waals surface area contributed by atoms with Crippen LogP contribution >= 0.6 is 0 Å². The summed E-state index contributed by atoms with van der Waals surface area (Å²) in [7, 11) is 0. The van der Waals surface area contributed by atoms with Crippen LogP contribution in [0.5, 0.6) is 0 Å². The van der Waals surface area contributed by atoms with Crippen molar-refractivity contribution in [3.05, 3.63) is 0 Å². The van der Waals surface area contributed by atoms with Gasteiger partial charge in [0.1, 0.15) is 0 Å². The van der Waals surface area contributed by atoms with Gasteiger partial charge in [0, 0.05) is 6.54 Å². The number of nitrogens with two attached hydrogens (primary N) is 1. The molecule has 4 nitrogen and oxygen atoms in total. The zero-order valence-corrected chi connectivity index (χ0v) is 8.70. The number of hydrogen-bond donors (Lipinski definition) is 3. The van der Waals surface area contributed by atoms with Crippen LogP contribution in [0.1, 0.15) is 32.6 Å². The predicted octanol–water partition coefficient (Wildman–Crippen LogP) is 0.000900. The smallest absolute Gasteiger partial charge is 0.236 e. The van der Waals surface area contributed by atoms with Crippen LogP contribution in [0.2, 0.25) is 0 Å². The molecule has 0 aromatic rings. The van der Waals surface area contributed by atoms with Crippen molar-refractivity contribution in [2.24, 2.45) is 11.7 Å². The Morgan fingerprint density at radius 3 is 2.57 bits per heavy atom. The summed E-state index contributed by atoms with van der Waals surface area (Å²) in [6, 6.07) is -0.427. The van der Waals surface area contributed by atoms with Gasteiger partial charge in [-0.3, -0.25) is 4.79 Å². The molecular formula is C10H20N2O2. The van der Waals surface area contributed by atoms with Crippen LogP contribution in [0.15, 0.2) is 0 Å². The van der Waals surface area contributed by atoms with E-state index in [-0.39, 0.29) is 12.0 Å². The van der Waals surface area contributed by atoms with Crippen LogP contribution < -0.4 is 11.1 Å². The molecule has 1 rings (SSSR count).